The molecule has 1 N–H and O–H groups in total. The zero-order chi connectivity index (χ0) is 11.5. The molecule has 0 fully saturated rings. The van der Waals surface area contributed by atoms with Crippen LogP contribution >= 0.6 is 11.3 Å². The first-order chi connectivity index (χ1) is 7.72. The van der Waals surface area contributed by atoms with Gasteiger partial charge in [-0.15, -0.1) is 0 Å². The van der Waals surface area contributed by atoms with Crippen molar-refractivity contribution in [2.45, 2.75) is 13.8 Å². The first kappa shape index (κ1) is 11.4. The topological polar surface area (TPSA) is 34.1 Å². The van der Waals surface area contributed by atoms with Gasteiger partial charge in [-0.05, 0) is 25.0 Å². The van der Waals surface area contributed by atoms with Crippen LogP contribution in [0.1, 0.15) is 11.1 Å². The van der Waals surface area contributed by atoms with Gasteiger partial charge in [0.05, 0.1) is 16.8 Å². The molecule has 1 heterocycles. The van der Waals surface area contributed by atoms with Gasteiger partial charge in [0, 0.05) is 13.7 Å². The normalized spacial score (nSPS) is 10.9. The van der Waals surface area contributed by atoms with Crippen molar-refractivity contribution in [3.05, 3.63) is 23.3 Å². The van der Waals surface area contributed by atoms with Crippen LogP contribution < -0.4 is 5.32 Å². The Hall–Kier alpha value is -1.13. The van der Waals surface area contributed by atoms with Gasteiger partial charge in [-0.25, -0.2) is 4.98 Å². The van der Waals surface area contributed by atoms with Crippen LogP contribution in [0.4, 0.5) is 5.13 Å². The number of nitrogens with zero attached hydrogens (tertiary/aromatic N) is 1. The SMILES string of the molecule is COCCNc1nc2c(C)ccc(C)c2s1. The fourth-order valence-electron chi connectivity index (χ4n) is 1.59. The lowest BCUT2D eigenvalue weighted by atomic mass is 10.1. The van der Waals surface area contributed by atoms with Crippen molar-refractivity contribution in [2.24, 2.45) is 0 Å². The van der Waals surface area contributed by atoms with Crippen molar-refractivity contribution in [1.82, 2.24) is 4.98 Å². The van der Waals surface area contributed by atoms with E-state index in [4.69, 9.17) is 4.74 Å². The van der Waals surface area contributed by atoms with Gasteiger partial charge in [-0.1, -0.05) is 23.5 Å². The Bertz CT molecular complexity index is 454. The molecule has 86 valence electrons. The van der Waals surface area contributed by atoms with Gasteiger partial charge in [0.15, 0.2) is 5.13 Å². The molecular weight excluding hydrogens is 220 g/mol. The van der Waals surface area contributed by atoms with Crippen LogP contribution in [0.25, 0.3) is 10.2 Å². The summed E-state index contributed by atoms with van der Waals surface area (Å²) in [6.07, 6.45) is 0. The Labute approximate surface area is 99.5 Å². The quantitative estimate of drug-likeness (QED) is 0.829. The lowest BCUT2D eigenvalue weighted by molar-refractivity contribution is 0.211. The van der Waals surface area contributed by atoms with Gasteiger partial charge in [-0.2, -0.15) is 0 Å². The number of benzene rings is 1. The lowest BCUT2D eigenvalue weighted by Gasteiger charge is -1.99. The average Bonchev–Trinajstić information content (AvgIpc) is 2.69. The number of anilines is 1. The maximum absolute atomic E-state index is 5.00. The maximum Gasteiger partial charge on any atom is 0.183 e. The van der Waals surface area contributed by atoms with E-state index in [1.807, 2.05) is 0 Å². The summed E-state index contributed by atoms with van der Waals surface area (Å²) in [6.45, 7) is 5.72. The molecule has 0 saturated carbocycles. The molecule has 0 bridgehead atoms. The van der Waals surface area contributed by atoms with E-state index in [-0.39, 0.29) is 0 Å². The van der Waals surface area contributed by atoms with E-state index >= 15 is 0 Å². The highest BCUT2D eigenvalue weighted by atomic mass is 32.1. The summed E-state index contributed by atoms with van der Waals surface area (Å²) in [5.74, 6) is 0. The number of methoxy groups -OCH3 is 1. The second-order valence-electron chi connectivity index (χ2n) is 3.82. The molecule has 0 aliphatic carbocycles. The second-order valence-corrected chi connectivity index (χ2v) is 4.81. The standard InChI is InChI=1S/C12H16N2OS/c1-8-4-5-9(2)11-10(8)14-12(16-11)13-6-7-15-3/h4-5H,6-7H2,1-3H3,(H,13,14). The Balaban J connectivity index is 2.29. The van der Waals surface area contributed by atoms with Crippen LogP contribution in [0.2, 0.25) is 0 Å². The summed E-state index contributed by atoms with van der Waals surface area (Å²) >= 11 is 1.71. The van der Waals surface area contributed by atoms with Crippen molar-refractivity contribution >= 4 is 26.7 Å². The van der Waals surface area contributed by atoms with Crippen LogP contribution in [0.15, 0.2) is 12.1 Å². The Morgan fingerprint density at radius 3 is 2.75 bits per heavy atom. The molecule has 4 heteroatoms. The fraction of sp³-hybridized carbons (Fsp3) is 0.417. The number of ether oxygens (including phenoxy) is 1. The largest absolute Gasteiger partial charge is 0.383 e. The third kappa shape index (κ3) is 2.18. The number of nitrogens with one attached hydrogen (secondary N) is 1. The van der Waals surface area contributed by atoms with Crippen molar-refractivity contribution in [2.75, 3.05) is 25.6 Å². The molecule has 3 nitrogen and oxygen atoms in total. The Kier molecular flexibility index (Phi) is 3.41. The maximum atomic E-state index is 5.00. The molecule has 0 aliphatic heterocycles. The molecule has 0 saturated heterocycles. The molecule has 1 aromatic carbocycles. The van der Waals surface area contributed by atoms with E-state index in [1.165, 1.54) is 15.8 Å². The van der Waals surface area contributed by atoms with Crippen LogP contribution in [0, 0.1) is 13.8 Å². The van der Waals surface area contributed by atoms with E-state index in [9.17, 15) is 0 Å². The summed E-state index contributed by atoms with van der Waals surface area (Å²) in [5.41, 5.74) is 3.64. The zero-order valence-corrected chi connectivity index (χ0v) is 10.6. The van der Waals surface area contributed by atoms with Crippen LogP contribution in [0.5, 0.6) is 0 Å². The van der Waals surface area contributed by atoms with Gasteiger partial charge in [-0.3, -0.25) is 0 Å². The first-order valence-electron chi connectivity index (χ1n) is 5.32. The lowest BCUT2D eigenvalue weighted by Crippen LogP contribution is -2.06. The minimum atomic E-state index is 0.702. The number of aryl methyl sites for hydroxylation is 2. The van der Waals surface area contributed by atoms with Gasteiger partial charge in [0.1, 0.15) is 0 Å². The van der Waals surface area contributed by atoms with E-state index in [1.54, 1.807) is 18.4 Å². The van der Waals surface area contributed by atoms with Crippen LogP contribution in [-0.4, -0.2) is 25.2 Å². The fourth-order valence-corrected chi connectivity index (χ4v) is 2.63. The molecule has 0 unspecified atom stereocenters. The minimum Gasteiger partial charge on any atom is -0.383 e. The van der Waals surface area contributed by atoms with Gasteiger partial charge in [0.25, 0.3) is 0 Å². The molecule has 0 spiro atoms. The number of hydrogen-bond donors (Lipinski definition) is 1. The number of fused-ring (bicyclic) bond motifs is 1. The Morgan fingerprint density at radius 1 is 1.31 bits per heavy atom. The molecular formula is C12H16N2OS. The molecule has 16 heavy (non-hydrogen) atoms. The van der Waals surface area contributed by atoms with Crippen LogP contribution in [0.3, 0.4) is 0 Å². The summed E-state index contributed by atoms with van der Waals surface area (Å²) in [7, 11) is 1.70. The molecule has 2 rings (SSSR count). The molecule has 0 radical (unpaired) electrons. The predicted molar refractivity (Wildman–Crippen MR) is 69.5 cm³/mol. The van der Waals surface area contributed by atoms with Crippen molar-refractivity contribution in [3.8, 4) is 0 Å². The highest BCUT2D eigenvalue weighted by Crippen LogP contribution is 2.30. The second kappa shape index (κ2) is 4.80. The third-order valence-corrected chi connectivity index (χ3v) is 3.67. The number of hydrogen-bond acceptors (Lipinski definition) is 4. The predicted octanol–water partition coefficient (Wildman–Crippen LogP) is 2.97. The molecule has 1 aromatic heterocycles. The smallest absolute Gasteiger partial charge is 0.183 e. The average molecular weight is 236 g/mol. The molecule has 0 amide bonds. The highest BCUT2D eigenvalue weighted by Gasteiger charge is 2.07. The van der Waals surface area contributed by atoms with Gasteiger partial charge >= 0.3 is 0 Å². The van der Waals surface area contributed by atoms with Crippen LogP contribution in [-0.2, 0) is 4.74 Å². The monoisotopic (exact) mass is 236 g/mol. The zero-order valence-electron chi connectivity index (χ0n) is 9.83. The van der Waals surface area contributed by atoms with Crippen molar-refractivity contribution in [1.29, 1.82) is 0 Å². The van der Waals surface area contributed by atoms with E-state index in [0.29, 0.717) is 6.61 Å². The first-order valence-corrected chi connectivity index (χ1v) is 6.13. The van der Waals surface area contributed by atoms with E-state index in [0.717, 1.165) is 17.2 Å². The molecule has 0 atom stereocenters. The Morgan fingerprint density at radius 2 is 2.06 bits per heavy atom. The van der Waals surface area contributed by atoms with Gasteiger partial charge < -0.3 is 10.1 Å². The van der Waals surface area contributed by atoms with Crippen molar-refractivity contribution in [3.63, 3.8) is 0 Å². The molecule has 2 aromatic rings. The minimum absolute atomic E-state index is 0.702. The van der Waals surface area contributed by atoms with E-state index in [2.05, 4.69) is 36.3 Å². The summed E-state index contributed by atoms with van der Waals surface area (Å²) in [5, 5.41) is 4.25. The summed E-state index contributed by atoms with van der Waals surface area (Å²) in [4.78, 5) is 4.60. The number of aromatic nitrogens is 1. The molecule has 0 aliphatic rings. The summed E-state index contributed by atoms with van der Waals surface area (Å²) < 4.78 is 6.28. The number of thiazole rings is 1. The van der Waals surface area contributed by atoms with Crippen molar-refractivity contribution < 1.29 is 4.74 Å². The third-order valence-electron chi connectivity index (χ3n) is 2.52. The highest BCUT2D eigenvalue weighted by molar-refractivity contribution is 7.22. The van der Waals surface area contributed by atoms with E-state index < -0.39 is 0 Å². The van der Waals surface area contributed by atoms with Gasteiger partial charge in [0.2, 0.25) is 0 Å². The summed E-state index contributed by atoms with van der Waals surface area (Å²) in [6, 6.07) is 4.27. The number of rotatable bonds is 4.